The minimum absolute atomic E-state index is 0.130. The Hall–Kier alpha value is -3.53. The third kappa shape index (κ3) is 5.48. The Labute approximate surface area is 171 Å². The van der Waals surface area contributed by atoms with E-state index < -0.39 is 0 Å². The van der Waals surface area contributed by atoms with Gasteiger partial charge in [-0.05, 0) is 72.2 Å². The van der Waals surface area contributed by atoms with Gasteiger partial charge in [-0.1, -0.05) is 31.2 Å². The largest absolute Gasteiger partial charge is 0.508 e. The zero-order valence-electron chi connectivity index (χ0n) is 16.6. The van der Waals surface area contributed by atoms with Crippen LogP contribution in [0, 0.1) is 0 Å². The molecule has 0 saturated heterocycles. The van der Waals surface area contributed by atoms with Crippen LogP contribution in [0.3, 0.4) is 0 Å². The molecule has 0 aromatic heterocycles. The van der Waals surface area contributed by atoms with Crippen molar-refractivity contribution in [1.82, 2.24) is 0 Å². The van der Waals surface area contributed by atoms with Crippen LogP contribution in [0.25, 0.3) is 6.08 Å². The number of benzene rings is 3. The molecule has 29 heavy (non-hydrogen) atoms. The van der Waals surface area contributed by atoms with Gasteiger partial charge in [0.15, 0.2) is 5.78 Å². The van der Waals surface area contributed by atoms with Gasteiger partial charge in [0.25, 0.3) is 0 Å². The summed E-state index contributed by atoms with van der Waals surface area (Å²) in [5.74, 6) is 1.54. The molecule has 0 heterocycles. The van der Waals surface area contributed by atoms with Gasteiger partial charge in [-0.15, -0.1) is 0 Å². The molecule has 3 rings (SSSR count). The molecule has 0 aliphatic heterocycles. The number of rotatable bonds is 8. The fourth-order valence-corrected chi connectivity index (χ4v) is 2.89. The molecule has 4 nitrogen and oxygen atoms in total. The van der Waals surface area contributed by atoms with Crippen LogP contribution in [0.1, 0.15) is 34.0 Å². The van der Waals surface area contributed by atoms with E-state index in [1.54, 1.807) is 25.3 Å². The number of phenolic OH excluding ortho intramolecular Hbond substituents is 1. The number of hydrogen-bond acceptors (Lipinski definition) is 4. The summed E-state index contributed by atoms with van der Waals surface area (Å²) in [7, 11) is 1.62. The van der Waals surface area contributed by atoms with Crippen molar-refractivity contribution in [3.8, 4) is 17.2 Å². The van der Waals surface area contributed by atoms with Gasteiger partial charge >= 0.3 is 0 Å². The van der Waals surface area contributed by atoms with E-state index in [0.717, 1.165) is 29.0 Å². The number of carbonyl (C=O) groups excluding carboxylic acids is 1. The van der Waals surface area contributed by atoms with E-state index in [-0.39, 0.29) is 11.5 Å². The van der Waals surface area contributed by atoms with Crippen LogP contribution in [0.5, 0.6) is 17.2 Å². The molecule has 0 aliphatic carbocycles. The predicted octanol–water partition coefficient (Wildman–Crippen LogP) is 5.44. The first-order valence-corrected chi connectivity index (χ1v) is 9.49. The van der Waals surface area contributed by atoms with E-state index in [2.05, 4.69) is 19.1 Å². The van der Waals surface area contributed by atoms with Crippen molar-refractivity contribution in [2.75, 3.05) is 7.11 Å². The van der Waals surface area contributed by atoms with Crippen molar-refractivity contribution >= 4 is 11.9 Å². The fraction of sp³-hybridized carbons (Fsp3) is 0.160. The van der Waals surface area contributed by atoms with E-state index in [4.69, 9.17) is 9.47 Å². The number of allylic oxidation sites excluding steroid dienone is 1. The SMILES string of the molecule is CCc1ccc(OCc2cc(/C=C/C(=O)c3ccc(O)cc3)ccc2OC)cc1. The smallest absolute Gasteiger partial charge is 0.185 e. The lowest BCUT2D eigenvalue weighted by Crippen LogP contribution is -1.99. The highest BCUT2D eigenvalue weighted by atomic mass is 16.5. The summed E-state index contributed by atoms with van der Waals surface area (Å²) in [5.41, 5.74) is 3.55. The quantitative estimate of drug-likeness (QED) is 0.412. The molecule has 148 valence electrons. The van der Waals surface area contributed by atoms with Crippen LogP contribution in [0.15, 0.2) is 72.8 Å². The Morgan fingerprint density at radius 2 is 1.72 bits per heavy atom. The van der Waals surface area contributed by atoms with Crippen molar-refractivity contribution in [3.63, 3.8) is 0 Å². The number of carbonyl (C=O) groups is 1. The Morgan fingerprint density at radius 1 is 1.00 bits per heavy atom. The first kappa shape index (κ1) is 20.2. The second-order valence-electron chi connectivity index (χ2n) is 6.60. The maximum Gasteiger partial charge on any atom is 0.185 e. The average Bonchev–Trinajstić information content (AvgIpc) is 2.77. The Kier molecular flexibility index (Phi) is 6.69. The number of ether oxygens (including phenoxy) is 2. The topological polar surface area (TPSA) is 55.8 Å². The van der Waals surface area contributed by atoms with E-state index >= 15 is 0 Å². The van der Waals surface area contributed by atoms with Crippen LogP contribution in [0.2, 0.25) is 0 Å². The maximum atomic E-state index is 12.3. The van der Waals surface area contributed by atoms with Gasteiger partial charge in [0.1, 0.15) is 23.9 Å². The third-order valence-electron chi connectivity index (χ3n) is 4.61. The molecule has 0 radical (unpaired) electrons. The normalized spacial score (nSPS) is 10.8. The minimum atomic E-state index is -0.130. The van der Waals surface area contributed by atoms with Crippen molar-refractivity contribution in [3.05, 3.63) is 95.1 Å². The molecule has 0 bridgehead atoms. The van der Waals surface area contributed by atoms with Crippen LogP contribution < -0.4 is 9.47 Å². The average molecular weight is 388 g/mol. The van der Waals surface area contributed by atoms with Crippen LogP contribution >= 0.6 is 0 Å². The molecule has 0 atom stereocenters. The number of aromatic hydroxyl groups is 1. The van der Waals surface area contributed by atoms with Crippen molar-refractivity contribution in [1.29, 1.82) is 0 Å². The molecule has 4 heteroatoms. The van der Waals surface area contributed by atoms with E-state index in [0.29, 0.717) is 12.2 Å². The Morgan fingerprint density at radius 3 is 2.38 bits per heavy atom. The second kappa shape index (κ2) is 9.60. The van der Waals surface area contributed by atoms with Crippen LogP contribution in [-0.4, -0.2) is 18.0 Å². The lowest BCUT2D eigenvalue weighted by Gasteiger charge is -2.11. The summed E-state index contributed by atoms with van der Waals surface area (Å²) < 4.78 is 11.3. The number of phenols is 1. The van der Waals surface area contributed by atoms with Gasteiger partial charge in [-0.25, -0.2) is 0 Å². The molecule has 0 spiro atoms. The van der Waals surface area contributed by atoms with Crippen LogP contribution in [-0.2, 0) is 13.0 Å². The zero-order chi connectivity index (χ0) is 20.6. The number of methoxy groups -OCH3 is 1. The summed E-state index contributed by atoms with van der Waals surface area (Å²) in [6.45, 7) is 2.48. The maximum absolute atomic E-state index is 12.3. The molecule has 0 fully saturated rings. The lowest BCUT2D eigenvalue weighted by molar-refractivity contribution is 0.104. The van der Waals surface area contributed by atoms with Crippen LogP contribution in [0.4, 0.5) is 0 Å². The summed E-state index contributed by atoms with van der Waals surface area (Å²) in [4.78, 5) is 12.3. The molecule has 3 aromatic carbocycles. The lowest BCUT2D eigenvalue weighted by atomic mass is 10.1. The van der Waals surface area contributed by atoms with Gasteiger partial charge in [-0.2, -0.15) is 0 Å². The van der Waals surface area contributed by atoms with Gasteiger partial charge in [0.05, 0.1) is 7.11 Å². The Balaban J connectivity index is 1.71. The minimum Gasteiger partial charge on any atom is -0.508 e. The third-order valence-corrected chi connectivity index (χ3v) is 4.61. The molecule has 0 amide bonds. The standard InChI is InChI=1S/C25H24O4/c1-3-18-4-12-23(13-5-18)29-17-21-16-19(7-15-25(21)28-2)6-14-24(27)20-8-10-22(26)11-9-20/h4-16,26H,3,17H2,1-2H3/b14-6+. The molecule has 3 aromatic rings. The number of hydrogen-bond donors (Lipinski definition) is 1. The highest BCUT2D eigenvalue weighted by Crippen LogP contribution is 2.23. The van der Waals surface area contributed by atoms with Gasteiger partial charge in [-0.3, -0.25) is 4.79 Å². The second-order valence-corrected chi connectivity index (χ2v) is 6.60. The highest BCUT2D eigenvalue weighted by molar-refractivity contribution is 6.06. The molecule has 0 saturated carbocycles. The summed E-state index contributed by atoms with van der Waals surface area (Å²) >= 11 is 0. The molecule has 1 N–H and O–H groups in total. The summed E-state index contributed by atoms with van der Waals surface area (Å²) in [6, 6.07) is 19.9. The fourth-order valence-electron chi connectivity index (χ4n) is 2.89. The van der Waals surface area contributed by atoms with Gasteiger partial charge < -0.3 is 14.6 Å². The van der Waals surface area contributed by atoms with E-state index in [9.17, 15) is 9.90 Å². The molecular formula is C25H24O4. The van der Waals surface area contributed by atoms with E-state index in [1.807, 2.05) is 30.3 Å². The number of ketones is 1. The summed E-state index contributed by atoms with van der Waals surface area (Å²) in [6.07, 6.45) is 4.27. The molecular weight excluding hydrogens is 364 g/mol. The zero-order valence-corrected chi connectivity index (χ0v) is 16.6. The van der Waals surface area contributed by atoms with Crippen molar-refractivity contribution in [2.24, 2.45) is 0 Å². The first-order valence-electron chi connectivity index (χ1n) is 9.49. The monoisotopic (exact) mass is 388 g/mol. The highest BCUT2D eigenvalue weighted by Gasteiger charge is 2.06. The Bertz CT molecular complexity index is 986. The summed E-state index contributed by atoms with van der Waals surface area (Å²) in [5, 5.41) is 9.33. The number of aryl methyl sites for hydroxylation is 1. The van der Waals surface area contributed by atoms with Gasteiger partial charge in [0.2, 0.25) is 0 Å². The van der Waals surface area contributed by atoms with E-state index in [1.165, 1.54) is 23.8 Å². The van der Waals surface area contributed by atoms with Crippen molar-refractivity contribution in [2.45, 2.75) is 20.0 Å². The molecule has 0 aliphatic rings. The first-order chi connectivity index (χ1) is 14.1. The van der Waals surface area contributed by atoms with Crippen molar-refractivity contribution < 1.29 is 19.4 Å². The predicted molar refractivity (Wildman–Crippen MR) is 115 cm³/mol. The molecule has 0 unspecified atom stereocenters. The van der Waals surface area contributed by atoms with Gasteiger partial charge in [0, 0.05) is 11.1 Å².